The van der Waals surface area contributed by atoms with Crippen LogP contribution in [0.3, 0.4) is 0 Å². The van der Waals surface area contributed by atoms with Gasteiger partial charge in [-0.15, -0.1) is 0 Å². The second-order valence-corrected chi connectivity index (χ2v) is 3.31. The fraction of sp³-hybridized carbons (Fsp3) is 0.375. The van der Waals surface area contributed by atoms with E-state index in [-0.39, 0.29) is 10.8 Å². The summed E-state index contributed by atoms with van der Waals surface area (Å²) in [7, 11) is 0. The summed E-state index contributed by atoms with van der Waals surface area (Å²) >= 11 is 5.43. The lowest BCUT2D eigenvalue weighted by atomic mass is 10.3. The Labute approximate surface area is 94.5 Å². The zero-order chi connectivity index (χ0) is 12.2. The largest absolute Gasteiger partial charge is 0.390 e. The lowest BCUT2D eigenvalue weighted by Gasteiger charge is -2.13. The Kier molecular flexibility index (Phi) is 4.08. The van der Waals surface area contributed by atoms with Gasteiger partial charge < -0.3 is 10.4 Å². The number of carbonyl (C=O) groups excluding carboxylic acids is 1. The van der Waals surface area contributed by atoms with Crippen LogP contribution >= 0.6 is 11.6 Å². The van der Waals surface area contributed by atoms with E-state index in [0.717, 1.165) is 12.4 Å². The standard InChI is InChI=1S/C8H8ClF2N3O2/c9-6-2-12-5(1-13-6)7(16)14-3-8(10,11)4-15/h1-2,15H,3-4H2,(H,14,16). The number of carbonyl (C=O) groups is 1. The van der Waals surface area contributed by atoms with Crippen LogP contribution in [0.25, 0.3) is 0 Å². The molecule has 0 spiro atoms. The molecular weight excluding hydrogens is 244 g/mol. The number of aliphatic hydroxyl groups is 1. The number of nitrogens with zero attached hydrogens (tertiary/aromatic N) is 2. The molecule has 0 aliphatic heterocycles. The van der Waals surface area contributed by atoms with Gasteiger partial charge in [-0.1, -0.05) is 11.6 Å². The molecule has 0 aromatic carbocycles. The monoisotopic (exact) mass is 251 g/mol. The molecule has 0 bridgehead atoms. The smallest absolute Gasteiger partial charge is 0.287 e. The van der Waals surface area contributed by atoms with Crippen molar-refractivity contribution in [1.29, 1.82) is 0 Å². The third kappa shape index (κ3) is 3.67. The second-order valence-electron chi connectivity index (χ2n) is 2.92. The fourth-order valence-corrected chi connectivity index (χ4v) is 0.883. The number of halogens is 3. The van der Waals surface area contributed by atoms with Crippen LogP contribution in [0.15, 0.2) is 12.4 Å². The van der Waals surface area contributed by atoms with Crippen molar-refractivity contribution < 1.29 is 18.7 Å². The highest BCUT2D eigenvalue weighted by atomic mass is 35.5. The Morgan fingerprint density at radius 3 is 2.69 bits per heavy atom. The third-order valence-corrected chi connectivity index (χ3v) is 1.79. The maximum Gasteiger partial charge on any atom is 0.287 e. The first-order valence-corrected chi connectivity index (χ1v) is 4.57. The minimum absolute atomic E-state index is 0.0947. The topological polar surface area (TPSA) is 75.1 Å². The SMILES string of the molecule is O=C(NCC(F)(F)CO)c1cnc(Cl)cn1. The van der Waals surface area contributed by atoms with Gasteiger partial charge in [-0.3, -0.25) is 4.79 Å². The lowest BCUT2D eigenvalue weighted by molar-refractivity contribution is -0.0462. The lowest BCUT2D eigenvalue weighted by Crippen LogP contribution is -2.39. The van der Waals surface area contributed by atoms with E-state index in [2.05, 4.69) is 9.97 Å². The summed E-state index contributed by atoms with van der Waals surface area (Å²) in [6.45, 7) is -2.30. The summed E-state index contributed by atoms with van der Waals surface area (Å²) in [6, 6.07) is 0. The van der Waals surface area contributed by atoms with Crippen LogP contribution in [-0.4, -0.2) is 40.1 Å². The molecule has 2 N–H and O–H groups in total. The average Bonchev–Trinajstić information content (AvgIpc) is 2.27. The van der Waals surface area contributed by atoms with Crippen LogP contribution in [-0.2, 0) is 0 Å². The van der Waals surface area contributed by atoms with Gasteiger partial charge in [-0.05, 0) is 0 Å². The van der Waals surface area contributed by atoms with E-state index < -0.39 is 25.0 Å². The predicted molar refractivity (Wildman–Crippen MR) is 51.4 cm³/mol. The van der Waals surface area contributed by atoms with Crippen molar-refractivity contribution in [3.63, 3.8) is 0 Å². The summed E-state index contributed by atoms with van der Waals surface area (Å²) < 4.78 is 25.1. The summed E-state index contributed by atoms with van der Waals surface area (Å²) in [6.07, 6.45) is 2.19. The first kappa shape index (κ1) is 12.7. The van der Waals surface area contributed by atoms with Crippen molar-refractivity contribution in [3.05, 3.63) is 23.2 Å². The summed E-state index contributed by atoms with van der Waals surface area (Å²) in [5.74, 6) is -4.16. The third-order valence-electron chi connectivity index (χ3n) is 1.59. The number of alkyl halides is 2. The average molecular weight is 252 g/mol. The number of rotatable bonds is 4. The van der Waals surface area contributed by atoms with Crippen molar-refractivity contribution in [2.24, 2.45) is 0 Å². The molecule has 0 saturated heterocycles. The molecule has 0 aliphatic rings. The van der Waals surface area contributed by atoms with Crippen molar-refractivity contribution in [2.75, 3.05) is 13.2 Å². The van der Waals surface area contributed by atoms with E-state index in [9.17, 15) is 13.6 Å². The van der Waals surface area contributed by atoms with Crippen molar-refractivity contribution >= 4 is 17.5 Å². The van der Waals surface area contributed by atoms with Crippen LogP contribution in [0.2, 0.25) is 5.15 Å². The minimum atomic E-state index is -3.35. The van der Waals surface area contributed by atoms with Crippen molar-refractivity contribution in [2.45, 2.75) is 5.92 Å². The Hall–Kier alpha value is -1.34. The zero-order valence-corrected chi connectivity index (χ0v) is 8.71. The van der Waals surface area contributed by atoms with Crippen molar-refractivity contribution in [3.8, 4) is 0 Å². The van der Waals surface area contributed by atoms with Crippen LogP contribution in [0, 0.1) is 0 Å². The highest BCUT2D eigenvalue weighted by molar-refractivity contribution is 6.29. The van der Waals surface area contributed by atoms with Crippen LogP contribution < -0.4 is 5.32 Å². The predicted octanol–water partition coefficient (Wildman–Crippen LogP) is 0.487. The van der Waals surface area contributed by atoms with Gasteiger partial charge in [0.15, 0.2) is 0 Å². The Morgan fingerprint density at radius 1 is 1.50 bits per heavy atom. The molecule has 1 heterocycles. The van der Waals surface area contributed by atoms with E-state index >= 15 is 0 Å². The van der Waals surface area contributed by atoms with Crippen LogP contribution in [0.4, 0.5) is 8.78 Å². The first-order chi connectivity index (χ1) is 7.44. The molecule has 1 amide bonds. The van der Waals surface area contributed by atoms with Crippen LogP contribution in [0.5, 0.6) is 0 Å². The van der Waals surface area contributed by atoms with Crippen LogP contribution in [0.1, 0.15) is 10.5 Å². The number of aliphatic hydroxyl groups excluding tert-OH is 1. The summed E-state index contributed by atoms with van der Waals surface area (Å²) in [5.41, 5.74) is -0.127. The zero-order valence-electron chi connectivity index (χ0n) is 7.95. The number of aromatic nitrogens is 2. The molecular formula is C8H8ClF2N3O2. The molecule has 0 fully saturated rings. The molecule has 88 valence electrons. The van der Waals surface area contributed by atoms with Crippen molar-refractivity contribution in [1.82, 2.24) is 15.3 Å². The van der Waals surface area contributed by atoms with Gasteiger partial charge in [-0.25, -0.2) is 18.7 Å². The normalized spacial score (nSPS) is 11.2. The molecule has 8 heteroatoms. The number of amides is 1. The Balaban J connectivity index is 2.56. The van der Waals surface area contributed by atoms with E-state index in [1.54, 1.807) is 0 Å². The highest BCUT2D eigenvalue weighted by Gasteiger charge is 2.28. The highest BCUT2D eigenvalue weighted by Crippen LogP contribution is 2.10. The van der Waals surface area contributed by atoms with Gasteiger partial charge >= 0.3 is 0 Å². The number of nitrogens with one attached hydrogen (secondary N) is 1. The van der Waals surface area contributed by atoms with Gasteiger partial charge in [0.1, 0.15) is 17.5 Å². The summed E-state index contributed by atoms with van der Waals surface area (Å²) in [4.78, 5) is 18.4. The van der Waals surface area contributed by atoms with Gasteiger partial charge in [-0.2, -0.15) is 0 Å². The minimum Gasteiger partial charge on any atom is -0.390 e. The molecule has 1 aromatic rings. The molecule has 0 unspecified atom stereocenters. The number of hydrogen-bond acceptors (Lipinski definition) is 4. The van der Waals surface area contributed by atoms with Gasteiger partial charge in [0.25, 0.3) is 11.8 Å². The second kappa shape index (κ2) is 5.13. The molecule has 1 rings (SSSR count). The Bertz CT molecular complexity index is 372. The number of hydrogen-bond donors (Lipinski definition) is 2. The quantitative estimate of drug-likeness (QED) is 0.817. The van der Waals surface area contributed by atoms with E-state index in [1.165, 1.54) is 0 Å². The van der Waals surface area contributed by atoms with E-state index in [4.69, 9.17) is 16.7 Å². The van der Waals surface area contributed by atoms with E-state index in [0.29, 0.717) is 0 Å². The molecule has 5 nitrogen and oxygen atoms in total. The maximum absolute atomic E-state index is 12.6. The molecule has 0 saturated carbocycles. The first-order valence-electron chi connectivity index (χ1n) is 4.19. The molecule has 1 aromatic heterocycles. The summed E-state index contributed by atoms with van der Waals surface area (Å²) in [5, 5.41) is 10.3. The molecule has 0 atom stereocenters. The Morgan fingerprint density at radius 2 is 2.19 bits per heavy atom. The molecule has 0 aliphatic carbocycles. The fourth-order valence-electron chi connectivity index (χ4n) is 0.786. The molecule has 16 heavy (non-hydrogen) atoms. The molecule has 0 radical (unpaired) electrons. The van der Waals surface area contributed by atoms with Gasteiger partial charge in [0.05, 0.1) is 18.9 Å². The van der Waals surface area contributed by atoms with Gasteiger partial charge in [0.2, 0.25) is 0 Å². The van der Waals surface area contributed by atoms with Gasteiger partial charge in [0, 0.05) is 0 Å². The maximum atomic E-state index is 12.6. The van der Waals surface area contributed by atoms with E-state index in [1.807, 2.05) is 5.32 Å².